The molecule has 2 aliphatic rings. The molecule has 1 N–H and O–H groups in total. The molecule has 6 nitrogen and oxygen atoms in total. The summed E-state index contributed by atoms with van der Waals surface area (Å²) < 4.78 is 33.1. The topological polar surface area (TPSA) is 75.7 Å². The van der Waals surface area contributed by atoms with Gasteiger partial charge in [-0.2, -0.15) is 0 Å². The van der Waals surface area contributed by atoms with E-state index in [2.05, 4.69) is 18.6 Å². The Morgan fingerprint density at radius 2 is 1.81 bits per heavy atom. The number of likely N-dealkylation sites (tertiary alicyclic amines) is 1. The highest BCUT2D eigenvalue weighted by atomic mass is 32.2. The highest BCUT2D eigenvalue weighted by Crippen LogP contribution is 2.32. The van der Waals surface area contributed by atoms with Gasteiger partial charge in [0, 0.05) is 19.0 Å². The summed E-state index contributed by atoms with van der Waals surface area (Å²) in [6.45, 7) is 5.62. The van der Waals surface area contributed by atoms with Gasteiger partial charge >= 0.3 is 0 Å². The van der Waals surface area contributed by atoms with E-state index in [1.54, 1.807) is 0 Å². The maximum atomic E-state index is 13.2. The van der Waals surface area contributed by atoms with Gasteiger partial charge in [0.15, 0.2) is 0 Å². The smallest absolute Gasteiger partial charge is 0.223 e. The van der Waals surface area contributed by atoms with Gasteiger partial charge in [-0.15, -0.1) is 0 Å². The van der Waals surface area contributed by atoms with Crippen LogP contribution in [0, 0.1) is 11.8 Å². The van der Waals surface area contributed by atoms with Crippen LogP contribution in [-0.2, 0) is 26.0 Å². The molecule has 32 heavy (non-hydrogen) atoms. The molecule has 1 aliphatic carbocycles. The van der Waals surface area contributed by atoms with Crippen LogP contribution in [0.5, 0.6) is 0 Å². The van der Waals surface area contributed by atoms with Crippen LogP contribution in [0.2, 0.25) is 0 Å². The highest BCUT2D eigenvalue weighted by Gasteiger charge is 2.36. The van der Waals surface area contributed by atoms with Crippen LogP contribution < -0.4 is 4.72 Å². The van der Waals surface area contributed by atoms with Crippen LogP contribution in [0.15, 0.2) is 30.3 Å². The summed E-state index contributed by atoms with van der Waals surface area (Å²) in [6.07, 6.45) is 8.46. The predicted molar refractivity (Wildman–Crippen MR) is 128 cm³/mol. The van der Waals surface area contributed by atoms with Crippen molar-refractivity contribution >= 4 is 15.9 Å². The standard InChI is InChI=1S/C25H40N2O4S/c1-19(2)21-12-14-22(15-13-21)31-18-24-23(26-32(3,29)30)10-7-17-27(24)25(28)16-11-20-8-5-4-6-9-20/h4-6,8-9,19,21-24,26H,7,10-18H2,1-3H3/t21?,22?,23-,24-/m0/s1. The summed E-state index contributed by atoms with van der Waals surface area (Å²) >= 11 is 0. The zero-order valence-electron chi connectivity index (χ0n) is 19.8. The normalized spacial score (nSPS) is 26.9. The first kappa shape index (κ1) is 25.2. The third-order valence-electron chi connectivity index (χ3n) is 7.10. The lowest BCUT2D eigenvalue weighted by molar-refractivity contribution is -0.138. The number of benzene rings is 1. The molecule has 1 amide bonds. The van der Waals surface area contributed by atoms with Gasteiger partial charge in [-0.05, 0) is 62.3 Å². The lowest BCUT2D eigenvalue weighted by Crippen LogP contribution is -2.59. The number of ether oxygens (including phenoxy) is 1. The number of piperidine rings is 1. The van der Waals surface area contributed by atoms with Crippen molar-refractivity contribution in [2.45, 2.75) is 83.4 Å². The van der Waals surface area contributed by atoms with Crippen molar-refractivity contribution in [1.82, 2.24) is 9.62 Å². The molecule has 1 saturated carbocycles. The van der Waals surface area contributed by atoms with Crippen LogP contribution in [-0.4, -0.2) is 56.8 Å². The number of nitrogens with one attached hydrogen (secondary N) is 1. The van der Waals surface area contributed by atoms with Crippen LogP contribution in [0.3, 0.4) is 0 Å². The molecule has 0 spiro atoms. The SMILES string of the molecule is CC(C)C1CCC(OC[C@H]2[C@@H](NS(C)(=O)=O)CCCN2C(=O)CCc2ccccc2)CC1. The Hall–Kier alpha value is -1.44. The Balaban J connectivity index is 1.63. The van der Waals surface area contributed by atoms with E-state index in [0.29, 0.717) is 31.9 Å². The van der Waals surface area contributed by atoms with E-state index < -0.39 is 10.0 Å². The second kappa shape index (κ2) is 11.6. The minimum Gasteiger partial charge on any atom is -0.376 e. The molecule has 1 aromatic rings. The fourth-order valence-corrected chi connectivity index (χ4v) is 6.01. The van der Waals surface area contributed by atoms with Gasteiger partial charge in [0.2, 0.25) is 15.9 Å². The van der Waals surface area contributed by atoms with E-state index in [-0.39, 0.29) is 24.1 Å². The van der Waals surface area contributed by atoms with Gasteiger partial charge in [-0.25, -0.2) is 13.1 Å². The Kier molecular flexibility index (Phi) is 9.14. The lowest BCUT2D eigenvalue weighted by Gasteiger charge is -2.42. The Bertz CT molecular complexity index is 820. The summed E-state index contributed by atoms with van der Waals surface area (Å²) in [5.74, 6) is 1.54. The van der Waals surface area contributed by atoms with E-state index in [9.17, 15) is 13.2 Å². The zero-order chi connectivity index (χ0) is 23.1. The summed E-state index contributed by atoms with van der Waals surface area (Å²) in [6, 6.07) is 9.45. The number of sulfonamides is 1. The minimum absolute atomic E-state index is 0.0750. The van der Waals surface area contributed by atoms with E-state index in [1.165, 1.54) is 19.1 Å². The van der Waals surface area contributed by atoms with Crippen molar-refractivity contribution in [1.29, 1.82) is 0 Å². The molecule has 1 heterocycles. The monoisotopic (exact) mass is 464 g/mol. The van der Waals surface area contributed by atoms with E-state index >= 15 is 0 Å². The predicted octanol–water partition coefficient (Wildman–Crippen LogP) is 3.76. The van der Waals surface area contributed by atoms with Gasteiger partial charge in [-0.3, -0.25) is 4.79 Å². The number of carbonyl (C=O) groups is 1. The molecular formula is C25H40N2O4S. The third-order valence-corrected chi connectivity index (χ3v) is 7.83. The third kappa shape index (κ3) is 7.56. The first-order valence-corrected chi connectivity index (χ1v) is 14.0. The molecule has 0 aromatic heterocycles. The molecule has 180 valence electrons. The van der Waals surface area contributed by atoms with E-state index in [0.717, 1.165) is 37.2 Å². The number of amides is 1. The molecule has 2 fully saturated rings. The van der Waals surface area contributed by atoms with Crippen molar-refractivity contribution in [3.8, 4) is 0 Å². The summed E-state index contributed by atoms with van der Waals surface area (Å²) in [7, 11) is -3.36. The number of hydrogen-bond donors (Lipinski definition) is 1. The van der Waals surface area contributed by atoms with Crippen molar-refractivity contribution < 1.29 is 17.9 Å². The van der Waals surface area contributed by atoms with Gasteiger partial charge in [0.25, 0.3) is 0 Å². The molecular weight excluding hydrogens is 424 g/mol. The van der Waals surface area contributed by atoms with Gasteiger partial charge in [0.05, 0.1) is 25.0 Å². The number of nitrogens with zero attached hydrogens (tertiary/aromatic N) is 1. The second-order valence-electron chi connectivity index (χ2n) is 9.89. The molecule has 0 bridgehead atoms. The molecule has 3 rings (SSSR count). The molecule has 0 unspecified atom stereocenters. The number of carbonyl (C=O) groups excluding carboxylic acids is 1. The zero-order valence-corrected chi connectivity index (χ0v) is 20.6. The Morgan fingerprint density at radius 3 is 2.44 bits per heavy atom. The van der Waals surface area contributed by atoms with Gasteiger partial charge < -0.3 is 9.64 Å². The summed E-state index contributed by atoms with van der Waals surface area (Å²) in [5, 5.41) is 0. The molecule has 1 saturated heterocycles. The molecule has 7 heteroatoms. The second-order valence-corrected chi connectivity index (χ2v) is 11.7. The first-order valence-electron chi connectivity index (χ1n) is 12.1. The lowest BCUT2D eigenvalue weighted by atomic mass is 9.80. The van der Waals surface area contributed by atoms with Crippen LogP contribution in [0.1, 0.15) is 64.4 Å². The maximum Gasteiger partial charge on any atom is 0.223 e. The first-order chi connectivity index (χ1) is 15.2. The molecule has 2 atom stereocenters. The summed E-state index contributed by atoms with van der Waals surface area (Å²) in [4.78, 5) is 15.0. The van der Waals surface area contributed by atoms with Crippen LogP contribution in [0.4, 0.5) is 0 Å². The summed E-state index contributed by atoms with van der Waals surface area (Å²) in [5.41, 5.74) is 1.14. The van der Waals surface area contributed by atoms with Crippen molar-refractivity contribution in [2.75, 3.05) is 19.4 Å². The molecule has 1 aliphatic heterocycles. The number of hydrogen-bond acceptors (Lipinski definition) is 4. The minimum atomic E-state index is -3.36. The Morgan fingerprint density at radius 1 is 1.12 bits per heavy atom. The van der Waals surface area contributed by atoms with Gasteiger partial charge in [0.1, 0.15) is 0 Å². The maximum absolute atomic E-state index is 13.2. The largest absolute Gasteiger partial charge is 0.376 e. The average Bonchev–Trinajstić information content (AvgIpc) is 2.76. The average molecular weight is 465 g/mol. The molecule has 1 aromatic carbocycles. The Labute approximate surface area is 194 Å². The highest BCUT2D eigenvalue weighted by molar-refractivity contribution is 7.88. The fraction of sp³-hybridized carbons (Fsp3) is 0.720. The van der Waals surface area contributed by atoms with E-state index in [4.69, 9.17) is 4.74 Å². The number of rotatable bonds is 9. The van der Waals surface area contributed by atoms with Crippen molar-refractivity contribution in [3.05, 3.63) is 35.9 Å². The van der Waals surface area contributed by atoms with Crippen LogP contribution in [0.25, 0.3) is 0 Å². The molecule has 0 radical (unpaired) electrons. The van der Waals surface area contributed by atoms with Crippen molar-refractivity contribution in [2.24, 2.45) is 11.8 Å². The van der Waals surface area contributed by atoms with Crippen LogP contribution >= 0.6 is 0 Å². The quantitative estimate of drug-likeness (QED) is 0.604. The van der Waals surface area contributed by atoms with Gasteiger partial charge in [-0.1, -0.05) is 44.2 Å². The number of aryl methyl sites for hydroxylation is 1. The fourth-order valence-electron chi connectivity index (χ4n) is 5.18. The van der Waals surface area contributed by atoms with Crippen molar-refractivity contribution in [3.63, 3.8) is 0 Å². The van der Waals surface area contributed by atoms with E-state index in [1.807, 2.05) is 35.2 Å².